The zero-order valence-electron chi connectivity index (χ0n) is 17.4. The lowest BCUT2D eigenvalue weighted by atomic mass is 9.92. The Balaban J connectivity index is 1.76. The lowest BCUT2D eigenvalue weighted by Crippen LogP contribution is -1.90. The zero-order chi connectivity index (χ0) is 20.5. The number of rotatable bonds is 3. The summed E-state index contributed by atoms with van der Waals surface area (Å²) in [6, 6.07) is 35.1. The summed E-state index contributed by atoms with van der Waals surface area (Å²) in [7, 11) is 0. The van der Waals surface area contributed by atoms with Crippen molar-refractivity contribution in [3.8, 4) is 11.1 Å². The molecule has 5 rings (SSSR count). The van der Waals surface area contributed by atoms with Gasteiger partial charge in [0.15, 0.2) is 0 Å². The van der Waals surface area contributed by atoms with Crippen LogP contribution in [0.3, 0.4) is 0 Å². The molecule has 0 N–H and O–H groups in total. The van der Waals surface area contributed by atoms with Crippen LogP contribution in [0, 0.1) is 13.8 Å². The van der Waals surface area contributed by atoms with E-state index >= 15 is 0 Å². The summed E-state index contributed by atoms with van der Waals surface area (Å²) >= 11 is 0. The number of hydrogen-bond acceptors (Lipinski definition) is 0. The molecule has 0 nitrogen and oxygen atoms in total. The third-order valence-electron chi connectivity index (χ3n) is 5.83. The molecule has 0 heteroatoms. The van der Waals surface area contributed by atoms with Gasteiger partial charge in [-0.15, -0.1) is 0 Å². The minimum absolute atomic E-state index is 1.21. The topological polar surface area (TPSA) is 0 Å². The Labute approximate surface area is 178 Å². The lowest BCUT2D eigenvalue weighted by Gasteiger charge is -2.12. The van der Waals surface area contributed by atoms with Crippen molar-refractivity contribution in [3.63, 3.8) is 0 Å². The molecule has 0 amide bonds. The summed E-state index contributed by atoms with van der Waals surface area (Å²) in [5.74, 6) is 0. The molecule has 0 aliphatic heterocycles. The molecule has 4 aromatic carbocycles. The standard InChI is InChI=1S/C30H24/c1-21-11-15-23(16-12-21)17-20-25(24-18-13-22(2)14-19-24)30-28-9-5-3-7-26(28)27-8-4-6-10-29(27)30/h3-20H,1-2H3/b20-17+. The Bertz CT molecular complexity index is 1220. The van der Waals surface area contributed by atoms with Gasteiger partial charge in [0.25, 0.3) is 0 Å². The van der Waals surface area contributed by atoms with Gasteiger partial charge < -0.3 is 0 Å². The van der Waals surface area contributed by atoms with Gasteiger partial charge in [-0.25, -0.2) is 0 Å². The minimum Gasteiger partial charge on any atom is -0.0616 e. The molecule has 30 heavy (non-hydrogen) atoms. The first-order valence-electron chi connectivity index (χ1n) is 10.5. The van der Waals surface area contributed by atoms with E-state index in [1.54, 1.807) is 0 Å². The van der Waals surface area contributed by atoms with Crippen molar-refractivity contribution in [1.82, 2.24) is 0 Å². The van der Waals surface area contributed by atoms with Crippen LogP contribution in [0.2, 0.25) is 0 Å². The van der Waals surface area contributed by atoms with Crippen LogP contribution in [0.1, 0.15) is 33.4 Å². The van der Waals surface area contributed by atoms with Crippen molar-refractivity contribution in [2.75, 3.05) is 0 Å². The predicted octanol–water partition coefficient (Wildman–Crippen LogP) is 7.96. The largest absolute Gasteiger partial charge is 0.0616 e. The van der Waals surface area contributed by atoms with Crippen molar-refractivity contribution in [2.45, 2.75) is 13.8 Å². The van der Waals surface area contributed by atoms with E-state index in [0.717, 1.165) is 0 Å². The molecule has 144 valence electrons. The molecule has 1 aliphatic rings. The second kappa shape index (κ2) is 7.65. The number of hydrogen-bond donors (Lipinski definition) is 0. The summed E-state index contributed by atoms with van der Waals surface area (Å²) in [6.07, 6.45) is 4.51. The van der Waals surface area contributed by atoms with Crippen molar-refractivity contribution >= 4 is 17.2 Å². The van der Waals surface area contributed by atoms with E-state index in [2.05, 4.69) is 123 Å². The van der Waals surface area contributed by atoms with Gasteiger partial charge in [0.1, 0.15) is 0 Å². The average Bonchev–Trinajstić information content (AvgIpc) is 3.11. The number of allylic oxidation sites excluding steroid dienone is 2. The van der Waals surface area contributed by atoms with Crippen molar-refractivity contribution in [2.24, 2.45) is 0 Å². The zero-order valence-corrected chi connectivity index (χ0v) is 17.4. The molecule has 0 bridgehead atoms. The maximum atomic E-state index is 2.28. The average molecular weight is 385 g/mol. The van der Waals surface area contributed by atoms with Crippen LogP contribution in [0.15, 0.2) is 103 Å². The summed E-state index contributed by atoms with van der Waals surface area (Å²) in [5, 5.41) is 0. The van der Waals surface area contributed by atoms with E-state index in [1.807, 2.05) is 0 Å². The Morgan fingerprint density at radius 1 is 0.533 bits per heavy atom. The molecular weight excluding hydrogens is 360 g/mol. The fraction of sp³-hybridized carbons (Fsp3) is 0.0667. The van der Waals surface area contributed by atoms with E-state index in [0.29, 0.717) is 0 Å². The van der Waals surface area contributed by atoms with Crippen LogP contribution in [0.5, 0.6) is 0 Å². The molecule has 1 aliphatic carbocycles. The molecule has 4 aromatic rings. The van der Waals surface area contributed by atoms with Gasteiger partial charge in [-0.05, 0) is 58.4 Å². The van der Waals surface area contributed by atoms with Gasteiger partial charge in [-0.3, -0.25) is 0 Å². The van der Waals surface area contributed by atoms with E-state index in [9.17, 15) is 0 Å². The maximum Gasteiger partial charge on any atom is -0.00204 e. The van der Waals surface area contributed by atoms with E-state index in [-0.39, 0.29) is 0 Å². The van der Waals surface area contributed by atoms with Crippen LogP contribution in [-0.2, 0) is 0 Å². The number of fused-ring (bicyclic) bond motifs is 3. The van der Waals surface area contributed by atoms with Crippen molar-refractivity contribution < 1.29 is 0 Å². The Hall–Kier alpha value is -3.64. The Morgan fingerprint density at radius 3 is 1.53 bits per heavy atom. The molecule has 0 unspecified atom stereocenters. The fourth-order valence-electron chi connectivity index (χ4n) is 4.22. The summed E-state index contributed by atoms with van der Waals surface area (Å²) in [4.78, 5) is 0. The minimum atomic E-state index is 1.21. The van der Waals surface area contributed by atoms with E-state index in [1.165, 1.54) is 55.7 Å². The molecule has 0 saturated heterocycles. The van der Waals surface area contributed by atoms with Crippen LogP contribution in [0.25, 0.3) is 28.3 Å². The molecule has 0 aromatic heterocycles. The molecular formula is C30H24. The summed E-state index contributed by atoms with van der Waals surface area (Å²) in [6.45, 7) is 4.26. The maximum absolute atomic E-state index is 2.28. The first kappa shape index (κ1) is 18.4. The monoisotopic (exact) mass is 384 g/mol. The normalized spacial score (nSPS) is 12.1. The molecule has 0 fully saturated rings. The van der Waals surface area contributed by atoms with Crippen molar-refractivity contribution in [3.05, 3.63) is 137 Å². The van der Waals surface area contributed by atoms with Crippen LogP contribution >= 0.6 is 0 Å². The molecule has 0 saturated carbocycles. The lowest BCUT2D eigenvalue weighted by molar-refractivity contribution is 1.45. The summed E-state index contributed by atoms with van der Waals surface area (Å²) in [5.41, 5.74) is 12.8. The highest BCUT2D eigenvalue weighted by Crippen LogP contribution is 2.47. The van der Waals surface area contributed by atoms with Crippen LogP contribution < -0.4 is 0 Å². The van der Waals surface area contributed by atoms with E-state index < -0.39 is 0 Å². The SMILES string of the molecule is Cc1ccc(/C=C/C(=C2c3ccccc3-c3ccccc32)c2ccc(C)cc2)cc1. The molecule has 0 spiro atoms. The highest BCUT2D eigenvalue weighted by molar-refractivity contribution is 6.12. The smallest absolute Gasteiger partial charge is 0.00204 e. The highest BCUT2D eigenvalue weighted by atomic mass is 14.3. The van der Waals surface area contributed by atoms with Crippen LogP contribution in [0.4, 0.5) is 0 Å². The second-order valence-electron chi connectivity index (χ2n) is 7.99. The number of benzene rings is 4. The third kappa shape index (κ3) is 3.31. The van der Waals surface area contributed by atoms with Gasteiger partial charge in [0, 0.05) is 0 Å². The fourth-order valence-corrected chi connectivity index (χ4v) is 4.22. The van der Waals surface area contributed by atoms with Gasteiger partial charge in [-0.2, -0.15) is 0 Å². The van der Waals surface area contributed by atoms with Gasteiger partial charge in [-0.1, -0.05) is 120 Å². The van der Waals surface area contributed by atoms with Crippen LogP contribution in [-0.4, -0.2) is 0 Å². The molecule has 0 atom stereocenters. The third-order valence-corrected chi connectivity index (χ3v) is 5.83. The Kier molecular flexibility index (Phi) is 4.69. The number of aryl methyl sites for hydroxylation is 2. The van der Waals surface area contributed by atoms with Gasteiger partial charge in [0.05, 0.1) is 0 Å². The molecule has 0 radical (unpaired) electrons. The quantitative estimate of drug-likeness (QED) is 0.296. The van der Waals surface area contributed by atoms with Gasteiger partial charge in [0.2, 0.25) is 0 Å². The summed E-state index contributed by atoms with van der Waals surface area (Å²) < 4.78 is 0. The highest BCUT2D eigenvalue weighted by Gasteiger charge is 2.25. The first-order valence-corrected chi connectivity index (χ1v) is 10.5. The second-order valence-corrected chi connectivity index (χ2v) is 7.99. The first-order chi connectivity index (χ1) is 14.7. The predicted molar refractivity (Wildman–Crippen MR) is 129 cm³/mol. The van der Waals surface area contributed by atoms with Gasteiger partial charge >= 0.3 is 0 Å². The Morgan fingerprint density at radius 2 is 1.00 bits per heavy atom. The van der Waals surface area contributed by atoms with Crippen molar-refractivity contribution in [1.29, 1.82) is 0 Å². The van der Waals surface area contributed by atoms with E-state index in [4.69, 9.17) is 0 Å². The molecule has 0 heterocycles.